The van der Waals surface area contributed by atoms with Crippen LogP contribution in [0.3, 0.4) is 0 Å². The van der Waals surface area contributed by atoms with Gasteiger partial charge in [-0.2, -0.15) is 0 Å². The summed E-state index contributed by atoms with van der Waals surface area (Å²) in [6.45, 7) is 0. The molecule has 0 amide bonds. The first kappa shape index (κ1) is 10.5. The molecule has 1 heteroatoms. The molecule has 72 valence electrons. The van der Waals surface area contributed by atoms with E-state index in [1.807, 2.05) is 0 Å². The van der Waals surface area contributed by atoms with Gasteiger partial charge in [0.25, 0.3) is 0 Å². The van der Waals surface area contributed by atoms with Gasteiger partial charge in [-0.1, -0.05) is 0 Å². The van der Waals surface area contributed by atoms with Gasteiger partial charge < -0.3 is 0 Å². The Kier molecular flexibility index (Phi) is 4.03. The molecule has 0 aliphatic heterocycles. The number of rotatable bonds is 4. The molecule has 0 bridgehead atoms. The monoisotopic (exact) mass is 209 g/mol. The first-order valence-corrected chi connectivity index (χ1v) is 6.98. The summed E-state index contributed by atoms with van der Waals surface area (Å²) in [6, 6.07) is 21.5. The van der Waals surface area contributed by atoms with Crippen molar-refractivity contribution in [3.05, 3.63) is 71.8 Å². The van der Waals surface area contributed by atoms with Crippen molar-refractivity contribution in [2.75, 3.05) is 0 Å². The number of hydrogen-bond donors (Lipinski definition) is 0. The van der Waals surface area contributed by atoms with Gasteiger partial charge in [-0.15, -0.1) is 0 Å². The van der Waals surface area contributed by atoms with Gasteiger partial charge >= 0.3 is 97.6 Å². The third kappa shape index (κ3) is 3.55. The van der Waals surface area contributed by atoms with Crippen LogP contribution in [0.25, 0.3) is 0 Å². The summed E-state index contributed by atoms with van der Waals surface area (Å²) in [5.41, 5.74) is 2.95. The molecular formula is C14H14Al+. The Morgan fingerprint density at radius 1 is 0.600 bits per heavy atom. The molecule has 0 radical (unpaired) electrons. The van der Waals surface area contributed by atoms with Crippen LogP contribution in [0.15, 0.2) is 60.7 Å². The Bertz CT molecular complexity index is 341. The van der Waals surface area contributed by atoms with Crippen molar-refractivity contribution in [3.8, 4) is 0 Å². The molecule has 2 aromatic carbocycles. The van der Waals surface area contributed by atoms with Crippen LogP contribution in [0.5, 0.6) is 0 Å². The minimum atomic E-state index is 0.501. The SMILES string of the molecule is c1ccc([CH2][Al+][CH2]c2ccccc2)cc1. The van der Waals surface area contributed by atoms with Gasteiger partial charge in [0.2, 0.25) is 0 Å². The summed E-state index contributed by atoms with van der Waals surface area (Å²) in [7, 11) is 0. The molecule has 0 spiro atoms. The van der Waals surface area contributed by atoms with Crippen LogP contribution < -0.4 is 0 Å². The fourth-order valence-corrected chi connectivity index (χ4v) is 2.99. The number of benzene rings is 2. The molecule has 0 nitrogen and oxygen atoms in total. The van der Waals surface area contributed by atoms with Crippen molar-refractivity contribution in [1.29, 1.82) is 0 Å². The standard InChI is InChI=1S/2C7H7.Al/c2*1-7-5-3-2-4-6-7;/h2*2-6H,1H2;/q;;+1. The summed E-state index contributed by atoms with van der Waals surface area (Å²) in [6.07, 6.45) is 0. The second-order valence-corrected chi connectivity index (χ2v) is 5.06. The molecule has 0 atom stereocenters. The topological polar surface area (TPSA) is 0 Å². The summed E-state index contributed by atoms with van der Waals surface area (Å²) < 4.78 is 0. The van der Waals surface area contributed by atoms with E-state index in [2.05, 4.69) is 60.7 Å². The van der Waals surface area contributed by atoms with E-state index in [1.165, 1.54) is 21.7 Å². The van der Waals surface area contributed by atoms with Crippen molar-refractivity contribution in [2.24, 2.45) is 0 Å². The first-order valence-electron chi connectivity index (χ1n) is 5.34. The van der Waals surface area contributed by atoms with Crippen LogP contribution in [-0.2, 0) is 10.6 Å². The quantitative estimate of drug-likeness (QED) is 0.679. The van der Waals surface area contributed by atoms with E-state index in [0.717, 1.165) is 0 Å². The van der Waals surface area contributed by atoms with Gasteiger partial charge in [-0.3, -0.25) is 0 Å². The zero-order valence-corrected chi connectivity index (χ0v) is 9.92. The van der Waals surface area contributed by atoms with Crippen molar-refractivity contribution < 1.29 is 0 Å². The van der Waals surface area contributed by atoms with Crippen molar-refractivity contribution >= 4 is 15.2 Å². The molecule has 0 aliphatic rings. The van der Waals surface area contributed by atoms with Crippen LogP contribution in [0.1, 0.15) is 11.1 Å². The zero-order valence-electron chi connectivity index (χ0n) is 8.77. The summed E-state index contributed by atoms with van der Waals surface area (Å²) in [4.78, 5) is 0. The van der Waals surface area contributed by atoms with Crippen LogP contribution in [0.2, 0.25) is 0 Å². The average molecular weight is 209 g/mol. The van der Waals surface area contributed by atoms with Gasteiger partial charge in [0.15, 0.2) is 0 Å². The maximum absolute atomic E-state index is 2.22. The van der Waals surface area contributed by atoms with Gasteiger partial charge in [-0.25, -0.2) is 0 Å². The Labute approximate surface area is 97.7 Å². The second kappa shape index (κ2) is 5.76. The van der Waals surface area contributed by atoms with E-state index in [-0.39, 0.29) is 0 Å². The molecule has 0 fully saturated rings. The molecule has 0 saturated heterocycles. The van der Waals surface area contributed by atoms with Crippen molar-refractivity contribution in [3.63, 3.8) is 0 Å². The Morgan fingerprint density at radius 3 is 1.40 bits per heavy atom. The van der Waals surface area contributed by atoms with Gasteiger partial charge in [0.1, 0.15) is 0 Å². The fraction of sp³-hybridized carbons (Fsp3) is 0.143. The predicted octanol–water partition coefficient (Wildman–Crippen LogP) is 3.09. The first-order chi connectivity index (χ1) is 7.45. The van der Waals surface area contributed by atoms with Crippen LogP contribution in [0.4, 0.5) is 0 Å². The van der Waals surface area contributed by atoms with E-state index in [9.17, 15) is 0 Å². The van der Waals surface area contributed by atoms with E-state index < -0.39 is 0 Å². The Morgan fingerprint density at radius 2 is 1.00 bits per heavy atom. The molecule has 2 rings (SSSR count). The maximum atomic E-state index is 2.22. The van der Waals surface area contributed by atoms with E-state index in [0.29, 0.717) is 15.2 Å². The van der Waals surface area contributed by atoms with Crippen molar-refractivity contribution in [2.45, 2.75) is 10.6 Å². The van der Waals surface area contributed by atoms with Crippen molar-refractivity contribution in [1.82, 2.24) is 0 Å². The Balaban J connectivity index is 1.81. The predicted molar refractivity (Wildman–Crippen MR) is 66.0 cm³/mol. The molecule has 2 aromatic rings. The van der Waals surface area contributed by atoms with Gasteiger partial charge in [-0.05, 0) is 0 Å². The van der Waals surface area contributed by atoms with Gasteiger partial charge in [0.05, 0.1) is 0 Å². The molecule has 0 heterocycles. The van der Waals surface area contributed by atoms with Crippen LogP contribution in [-0.4, -0.2) is 15.2 Å². The normalized spacial score (nSPS) is 9.60. The molecule has 15 heavy (non-hydrogen) atoms. The van der Waals surface area contributed by atoms with E-state index >= 15 is 0 Å². The molecule has 0 aromatic heterocycles. The molecule has 0 N–H and O–H groups in total. The number of hydrogen-bond acceptors (Lipinski definition) is 0. The summed E-state index contributed by atoms with van der Waals surface area (Å²) >= 11 is 0.501. The minimum absolute atomic E-state index is 0.501. The molecular weight excluding hydrogens is 195 g/mol. The van der Waals surface area contributed by atoms with E-state index in [4.69, 9.17) is 0 Å². The fourth-order valence-electron chi connectivity index (χ4n) is 1.63. The Hall–Kier alpha value is -1.03. The third-order valence-corrected chi connectivity index (χ3v) is 3.97. The summed E-state index contributed by atoms with van der Waals surface area (Å²) in [5, 5.41) is 2.52. The second-order valence-electron chi connectivity index (χ2n) is 3.67. The van der Waals surface area contributed by atoms with Crippen LogP contribution >= 0.6 is 0 Å². The third-order valence-electron chi connectivity index (χ3n) is 2.45. The van der Waals surface area contributed by atoms with Crippen LogP contribution in [0, 0.1) is 0 Å². The molecule has 0 saturated carbocycles. The summed E-state index contributed by atoms with van der Waals surface area (Å²) in [5.74, 6) is 0. The molecule has 0 aliphatic carbocycles. The van der Waals surface area contributed by atoms with Gasteiger partial charge in [0, 0.05) is 0 Å². The zero-order chi connectivity index (χ0) is 10.3. The van der Waals surface area contributed by atoms with E-state index in [1.54, 1.807) is 0 Å². The average Bonchev–Trinajstić information content (AvgIpc) is 2.32. The molecule has 0 unspecified atom stereocenters.